The van der Waals surface area contributed by atoms with Crippen molar-refractivity contribution in [2.75, 3.05) is 0 Å². The highest BCUT2D eigenvalue weighted by atomic mass is 79.9. The van der Waals surface area contributed by atoms with Gasteiger partial charge in [-0.1, -0.05) is 30.3 Å². The number of pyridine rings is 1. The van der Waals surface area contributed by atoms with E-state index in [0.29, 0.717) is 0 Å². The third-order valence-corrected chi connectivity index (χ3v) is 3.96. The molecule has 3 rings (SSSR count). The molecular formula is C17H14BrNO. The van der Waals surface area contributed by atoms with Gasteiger partial charge in [-0.05, 0) is 57.7 Å². The van der Waals surface area contributed by atoms with Crippen LogP contribution >= 0.6 is 15.9 Å². The number of aromatic nitrogens is 1. The molecule has 2 nitrogen and oxygen atoms in total. The lowest BCUT2D eigenvalue weighted by Gasteiger charge is -2.07. The van der Waals surface area contributed by atoms with Crippen molar-refractivity contribution in [3.63, 3.8) is 0 Å². The molecule has 0 atom stereocenters. The molecule has 0 bridgehead atoms. The zero-order chi connectivity index (χ0) is 14.1. The first-order valence-electron chi connectivity index (χ1n) is 6.44. The summed E-state index contributed by atoms with van der Waals surface area (Å²) in [4.78, 5) is 4.56. The Hall–Kier alpha value is -1.71. The van der Waals surface area contributed by atoms with Crippen molar-refractivity contribution in [1.29, 1.82) is 0 Å². The summed E-state index contributed by atoms with van der Waals surface area (Å²) >= 11 is 3.60. The minimum Gasteiger partial charge on any atom is -0.392 e. The van der Waals surface area contributed by atoms with Crippen molar-refractivity contribution in [1.82, 2.24) is 4.98 Å². The molecule has 0 radical (unpaired) electrons. The predicted molar refractivity (Wildman–Crippen MR) is 85.5 cm³/mol. The highest BCUT2D eigenvalue weighted by Gasteiger charge is 2.06. The van der Waals surface area contributed by atoms with Gasteiger partial charge in [-0.2, -0.15) is 0 Å². The number of halogens is 1. The van der Waals surface area contributed by atoms with Crippen molar-refractivity contribution in [2.45, 2.75) is 13.5 Å². The average Bonchev–Trinajstić information content (AvgIpc) is 2.48. The fraction of sp³-hybridized carbons (Fsp3) is 0.118. The normalized spacial score (nSPS) is 10.9. The first-order valence-corrected chi connectivity index (χ1v) is 7.24. The molecule has 0 saturated heterocycles. The standard InChI is InChI=1S/C17H14BrNO/c1-11-2-5-14-8-15(9-16(18)17(14)19-11)13-6-3-12(10-20)4-7-13/h2-9,20H,10H2,1H3. The van der Waals surface area contributed by atoms with Crippen LogP contribution in [0.3, 0.4) is 0 Å². The number of aliphatic hydroxyl groups excluding tert-OH is 1. The predicted octanol–water partition coefficient (Wildman–Crippen LogP) is 4.47. The van der Waals surface area contributed by atoms with E-state index in [4.69, 9.17) is 5.11 Å². The van der Waals surface area contributed by atoms with Crippen LogP contribution in [0, 0.1) is 6.92 Å². The van der Waals surface area contributed by atoms with E-state index in [-0.39, 0.29) is 6.61 Å². The van der Waals surface area contributed by atoms with E-state index in [1.54, 1.807) is 0 Å². The monoisotopic (exact) mass is 327 g/mol. The molecule has 1 heterocycles. The Labute approximate surface area is 126 Å². The van der Waals surface area contributed by atoms with Crippen LogP contribution < -0.4 is 0 Å². The summed E-state index contributed by atoms with van der Waals surface area (Å²) in [6, 6.07) is 16.3. The Balaban J connectivity index is 2.14. The number of hydrogen-bond donors (Lipinski definition) is 1. The van der Waals surface area contributed by atoms with Crippen LogP contribution in [-0.2, 0) is 6.61 Å². The van der Waals surface area contributed by atoms with Gasteiger partial charge in [0.25, 0.3) is 0 Å². The molecule has 0 amide bonds. The Morgan fingerprint density at radius 1 is 1.00 bits per heavy atom. The second kappa shape index (κ2) is 5.35. The summed E-state index contributed by atoms with van der Waals surface area (Å²) < 4.78 is 1.000. The summed E-state index contributed by atoms with van der Waals surface area (Å²) in [6.07, 6.45) is 0. The molecule has 20 heavy (non-hydrogen) atoms. The van der Waals surface area contributed by atoms with Crippen LogP contribution in [0.1, 0.15) is 11.3 Å². The van der Waals surface area contributed by atoms with Gasteiger partial charge < -0.3 is 5.11 Å². The number of fused-ring (bicyclic) bond motifs is 1. The summed E-state index contributed by atoms with van der Waals surface area (Å²) in [5.41, 5.74) is 5.19. The molecule has 3 aromatic rings. The van der Waals surface area contributed by atoms with E-state index < -0.39 is 0 Å². The quantitative estimate of drug-likeness (QED) is 0.753. The summed E-state index contributed by atoms with van der Waals surface area (Å²) in [5, 5.41) is 10.2. The van der Waals surface area contributed by atoms with Crippen molar-refractivity contribution >= 4 is 26.8 Å². The molecular weight excluding hydrogens is 314 g/mol. The van der Waals surface area contributed by atoms with Gasteiger partial charge in [-0.25, -0.2) is 0 Å². The van der Waals surface area contributed by atoms with Gasteiger partial charge >= 0.3 is 0 Å². The molecule has 1 aromatic heterocycles. The Morgan fingerprint density at radius 3 is 2.45 bits per heavy atom. The Bertz CT molecular complexity index is 766. The van der Waals surface area contributed by atoms with Crippen molar-refractivity contribution < 1.29 is 5.11 Å². The number of nitrogens with zero attached hydrogens (tertiary/aromatic N) is 1. The lowest BCUT2D eigenvalue weighted by molar-refractivity contribution is 0.282. The van der Waals surface area contributed by atoms with E-state index in [9.17, 15) is 0 Å². The minimum absolute atomic E-state index is 0.0743. The van der Waals surface area contributed by atoms with Crippen molar-refractivity contribution in [3.8, 4) is 11.1 Å². The van der Waals surface area contributed by atoms with E-state index in [1.807, 2.05) is 37.3 Å². The summed E-state index contributed by atoms with van der Waals surface area (Å²) in [6.45, 7) is 2.07. The Kier molecular flexibility index (Phi) is 3.55. The van der Waals surface area contributed by atoms with Crippen molar-refractivity contribution in [2.24, 2.45) is 0 Å². The SMILES string of the molecule is Cc1ccc2cc(-c3ccc(CO)cc3)cc(Br)c2n1. The molecule has 0 unspecified atom stereocenters. The summed E-state index contributed by atoms with van der Waals surface area (Å²) in [7, 11) is 0. The maximum Gasteiger partial charge on any atom is 0.0847 e. The average molecular weight is 328 g/mol. The second-order valence-corrected chi connectivity index (χ2v) is 5.69. The number of aryl methyl sites for hydroxylation is 1. The number of rotatable bonds is 2. The zero-order valence-electron chi connectivity index (χ0n) is 11.1. The molecule has 0 fully saturated rings. The fourth-order valence-electron chi connectivity index (χ4n) is 2.26. The number of hydrogen-bond acceptors (Lipinski definition) is 2. The van der Waals surface area contributed by atoms with Gasteiger partial charge in [0.1, 0.15) is 0 Å². The molecule has 0 aliphatic carbocycles. The largest absolute Gasteiger partial charge is 0.392 e. The molecule has 0 spiro atoms. The molecule has 2 aromatic carbocycles. The minimum atomic E-state index is 0.0743. The smallest absolute Gasteiger partial charge is 0.0847 e. The van der Waals surface area contributed by atoms with Gasteiger partial charge in [0.05, 0.1) is 12.1 Å². The van der Waals surface area contributed by atoms with Crippen molar-refractivity contribution in [3.05, 3.63) is 64.3 Å². The molecule has 3 heteroatoms. The number of aliphatic hydroxyl groups is 1. The number of benzene rings is 2. The molecule has 100 valence electrons. The lowest BCUT2D eigenvalue weighted by atomic mass is 10.0. The van der Waals surface area contributed by atoms with Gasteiger partial charge in [-0.3, -0.25) is 4.98 Å². The van der Waals surface area contributed by atoms with E-state index >= 15 is 0 Å². The fourth-order valence-corrected chi connectivity index (χ4v) is 2.82. The van der Waals surface area contributed by atoms with Crippen LogP contribution in [0.5, 0.6) is 0 Å². The van der Waals surface area contributed by atoms with E-state index in [1.165, 1.54) is 0 Å². The van der Waals surface area contributed by atoms with Gasteiger partial charge in [0.15, 0.2) is 0 Å². The maximum atomic E-state index is 9.09. The second-order valence-electron chi connectivity index (χ2n) is 4.84. The molecule has 0 aliphatic heterocycles. The van der Waals surface area contributed by atoms with Crippen LogP contribution in [-0.4, -0.2) is 10.1 Å². The zero-order valence-corrected chi connectivity index (χ0v) is 12.7. The van der Waals surface area contributed by atoms with E-state index in [2.05, 4.69) is 39.1 Å². The van der Waals surface area contributed by atoms with Crippen LogP contribution in [0.15, 0.2) is 53.0 Å². The third kappa shape index (κ3) is 2.47. The molecule has 0 aliphatic rings. The molecule has 0 saturated carbocycles. The van der Waals surface area contributed by atoms with E-state index in [0.717, 1.165) is 37.8 Å². The van der Waals surface area contributed by atoms with Crippen LogP contribution in [0.2, 0.25) is 0 Å². The van der Waals surface area contributed by atoms with Gasteiger partial charge in [0, 0.05) is 15.6 Å². The maximum absolute atomic E-state index is 9.09. The van der Waals surface area contributed by atoms with Gasteiger partial charge in [-0.15, -0.1) is 0 Å². The topological polar surface area (TPSA) is 33.1 Å². The highest BCUT2D eigenvalue weighted by molar-refractivity contribution is 9.10. The highest BCUT2D eigenvalue weighted by Crippen LogP contribution is 2.30. The molecule has 1 N–H and O–H groups in total. The third-order valence-electron chi connectivity index (χ3n) is 3.35. The Morgan fingerprint density at radius 2 is 1.75 bits per heavy atom. The first-order chi connectivity index (χ1) is 9.67. The van der Waals surface area contributed by atoms with Gasteiger partial charge in [0.2, 0.25) is 0 Å². The lowest BCUT2D eigenvalue weighted by Crippen LogP contribution is -1.87. The van der Waals surface area contributed by atoms with Crippen LogP contribution in [0.25, 0.3) is 22.0 Å². The summed E-state index contributed by atoms with van der Waals surface area (Å²) in [5.74, 6) is 0. The van der Waals surface area contributed by atoms with Crippen LogP contribution in [0.4, 0.5) is 0 Å². The first kappa shape index (κ1) is 13.3.